The summed E-state index contributed by atoms with van der Waals surface area (Å²) in [6.07, 6.45) is 0.665. The minimum Gasteiger partial charge on any atom is -0.489 e. The summed E-state index contributed by atoms with van der Waals surface area (Å²) in [7, 11) is 0. The summed E-state index contributed by atoms with van der Waals surface area (Å²) in [5.41, 5.74) is 9.28. The topological polar surface area (TPSA) is 55.5 Å². The molecule has 2 rings (SSSR count). The molecule has 1 atom stereocenters. The van der Waals surface area contributed by atoms with Gasteiger partial charge in [-0.05, 0) is 34.6 Å². The number of aliphatic hydroxyl groups excluding tert-OH is 1. The van der Waals surface area contributed by atoms with E-state index in [1.165, 1.54) is 0 Å². The molecule has 23 heavy (non-hydrogen) atoms. The van der Waals surface area contributed by atoms with E-state index in [0.29, 0.717) is 13.0 Å². The predicted molar refractivity (Wildman–Crippen MR) is 94.7 cm³/mol. The van der Waals surface area contributed by atoms with Crippen LogP contribution in [0.4, 0.5) is 0 Å². The zero-order chi connectivity index (χ0) is 16.9. The maximum absolute atomic E-state index is 9.14. The second kappa shape index (κ2) is 7.62. The van der Waals surface area contributed by atoms with Gasteiger partial charge in [0.05, 0.1) is 6.61 Å². The van der Waals surface area contributed by atoms with Crippen LogP contribution in [-0.2, 0) is 18.4 Å². The molecule has 0 saturated carbocycles. The van der Waals surface area contributed by atoms with E-state index in [0.717, 1.165) is 22.4 Å². The first-order valence-corrected chi connectivity index (χ1v) is 8.06. The quantitative estimate of drug-likeness (QED) is 0.859. The van der Waals surface area contributed by atoms with Gasteiger partial charge in [-0.3, -0.25) is 0 Å². The zero-order valence-electron chi connectivity index (χ0n) is 14.3. The number of ether oxygens (including phenoxy) is 1. The second-order valence-corrected chi connectivity index (χ2v) is 7.00. The van der Waals surface area contributed by atoms with Crippen molar-refractivity contribution in [3.05, 3.63) is 65.2 Å². The highest BCUT2D eigenvalue weighted by atomic mass is 16.5. The molecular formula is C20H27NO2. The molecule has 3 nitrogen and oxygen atoms in total. The van der Waals surface area contributed by atoms with Gasteiger partial charge in [-0.2, -0.15) is 0 Å². The Morgan fingerprint density at radius 3 is 2.35 bits per heavy atom. The fraction of sp³-hybridized carbons (Fsp3) is 0.400. The average Bonchev–Trinajstić information content (AvgIpc) is 2.53. The van der Waals surface area contributed by atoms with Crippen molar-refractivity contribution in [2.45, 2.75) is 45.3 Å². The Labute approximate surface area is 139 Å². The molecule has 0 radical (unpaired) electrons. The van der Waals surface area contributed by atoms with Gasteiger partial charge in [-0.25, -0.2) is 0 Å². The Morgan fingerprint density at radius 1 is 1.04 bits per heavy atom. The third kappa shape index (κ3) is 5.08. The van der Waals surface area contributed by atoms with E-state index >= 15 is 0 Å². The van der Waals surface area contributed by atoms with Crippen molar-refractivity contribution >= 4 is 0 Å². The number of aliphatic hydroxyl groups is 1. The van der Waals surface area contributed by atoms with Crippen molar-refractivity contribution in [2.75, 3.05) is 6.61 Å². The summed E-state index contributed by atoms with van der Waals surface area (Å²) < 4.78 is 6.06. The van der Waals surface area contributed by atoms with Crippen LogP contribution < -0.4 is 10.5 Å². The third-order valence-corrected chi connectivity index (χ3v) is 3.82. The van der Waals surface area contributed by atoms with Gasteiger partial charge < -0.3 is 15.6 Å². The van der Waals surface area contributed by atoms with Crippen LogP contribution in [0.3, 0.4) is 0 Å². The zero-order valence-corrected chi connectivity index (χ0v) is 14.3. The number of rotatable bonds is 6. The highest BCUT2D eigenvalue weighted by Gasteiger charge is 2.20. The number of hydrogen-bond donors (Lipinski definition) is 2. The molecule has 0 aliphatic heterocycles. The van der Waals surface area contributed by atoms with Crippen LogP contribution in [0.1, 0.15) is 37.5 Å². The summed E-state index contributed by atoms with van der Waals surface area (Å²) in [6.45, 7) is 7.07. The molecule has 0 aliphatic carbocycles. The van der Waals surface area contributed by atoms with E-state index in [4.69, 9.17) is 15.6 Å². The summed E-state index contributed by atoms with van der Waals surface area (Å²) in [6, 6.07) is 16.1. The molecule has 0 heterocycles. The van der Waals surface area contributed by atoms with E-state index in [2.05, 4.69) is 39.0 Å². The molecule has 1 unspecified atom stereocenters. The molecule has 0 bridgehead atoms. The molecule has 2 aromatic rings. The van der Waals surface area contributed by atoms with E-state index < -0.39 is 0 Å². The van der Waals surface area contributed by atoms with Crippen LogP contribution in [0.25, 0.3) is 0 Å². The predicted octanol–water partition coefficient (Wildman–Crippen LogP) is 3.43. The van der Waals surface area contributed by atoms with Gasteiger partial charge in [0.2, 0.25) is 0 Å². The highest BCUT2D eigenvalue weighted by molar-refractivity contribution is 5.42. The summed E-state index contributed by atoms with van der Waals surface area (Å²) in [5.74, 6) is 0.905. The van der Waals surface area contributed by atoms with Crippen LogP contribution in [-0.4, -0.2) is 17.8 Å². The minimum absolute atomic E-state index is 0.00287. The molecule has 0 aromatic heterocycles. The van der Waals surface area contributed by atoms with E-state index in [1.807, 2.05) is 30.3 Å². The standard InChI is InChI=1S/C20H27NO2/c1-20(2,3)18-12-16(11-17(21)13-22)9-10-19(18)23-14-15-7-5-4-6-8-15/h4-10,12,17,22H,11,13-14,21H2,1-3H3. The summed E-state index contributed by atoms with van der Waals surface area (Å²) >= 11 is 0. The van der Waals surface area contributed by atoms with E-state index in [1.54, 1.807) is 0 Å². The van der Waals surface area contributed by atoms with Crippen LogP contribution in [0, 0.1) is 0 Å². The molecule has 2 aromatic carbocycles. The fourth-order valence-corrected chi connectivity index (χ4v) is 2.52. The largest absolute Gasteiger partial charge is 0.489 e. The smallest absolute Gasteiger partial charge is 0.123 e. The Balaban J connectivity index is 2.21. The van der Waals surface area contributed by atoms with Crippen molar-refractivity contribution < 1.29 is 9.84 Å². The van der Waals surface area contributed by atoms with Crippen molar-refractivity contribution in [2.24, 2.45) is 5.73 Å². The number of hydrogen-bond acceptors (Lipinski definition) is 3. The van der Waals surface area contributed by atoms with Gasteiger partial charge in [-0.15, -0.1) is 0 Å². The van der Waals surface area contributed by atoms with Crippen LogP contribution >= 0.6 is 0 Å². The maximum Gasteiger partial charge on any atom is 0.123 e. The summed E-state index contributed by atoms with van der Waals surface area (Å²) in [4.78, 5) is 0. The maximum atomic E-state index is 9.14. The molecule has 3 N–H and O–H groups in total. The molecule has 0 amide bonds. The molecule has 0 spiro atoms. The molecule has 3 heteroatoms. The third-order valence-electron chi connectivity index (χ3n) is 3.82. The van der Waals surface area contributed by atoms with Gasteiger partial charge in [0.15, 0.2) is 0 Å². The summed E-state index contributed by atoms with van der Waals surface area (Å²) in [5, 5.41) is 9.14. The number of benzene rings is 2. The lowest BCUT2D eigenvalue weighted by Crippen LogP contribution is -2.27. The monoisotopic (exact) mass is 313 g/mol. The van der Waals surface area contributed by atoms with Gasteiger partial charge in [0.25, 0.3) is 0 Å². The van der Waals surface area contributed by atoms with Gasteiger partial charge >= 0.3 is 0 Å². The molecule has 124 valence electrons. The minimum atomic E-state index is -0.223. The van der Waals surface area contributed by atoms with Crippen molar-refractivity contribution in [3.63, 3.8) is 0 Å². The van der Waals surface area contributed by atoms with Gasteiger partial charge in [-0.1, -0.05) is 63.2 Å². The van der Waals surface area contributed by atoms with Gasteiger partial charge in [0.1, 0.15) is 12.4 Å². The SMILES string of the molecule is CC(C)(C)c1cc(CC(N)CO)ccc1OCc1ccccc1. The Kier molecular flexibility index (Phi) is 5.80. The van der Waals surface area contributed by atoms with Crippen LogP contribution in [0.15, 0.2) is 48.5 Å². The van der Waals surface area contributed by atoms with E-state index in [-0.39, 0.29) is 18.1 Å². The molecule has 0 aliphatic rings. The lowest BCUT2D eigenvalue weighted by molar-refractivity contribution is 0.265. The molecule has 0 saturated heterocycles. The number of nitrogens with two attached hydrogens (primary N) is 1. The van der Waals surface area contributed by atoms with E-state index in [9.17, 15) is 0 Å². The Hall–Kier alpha value is -1.84. The van der Waals surface area contributed by atoms with Gasteiger partial charge in [0, 0.05) is 6.04 Å². The van der Waals surface area contributed by atoms with Crippen molar-refractivity contribution in [3.8, 4) is 5.75 Å². The first-order chi connectivity index (χ1) is 10.9. The average molecular weight is 313 g/mol. The Morgan fingerprint density at radius 2 is 1.74 bits per heavy atom. The first-order valence-electron chi connectivity index (χ1n) is 8.06. The van der Waals surface area contributed by atoms with Crippen LogP contribution in [0.5, 0.6) is 5.75 Å². The second-order valence-electron chi connectivity index (χ2n) is 7.00. The van der Waals surface area contributed by atoms with Crippen molar-refractivity contribution in [1.82, 2.24) is 0 Å². The van der Waals surface area contributed by atoms with Crippen LogP contribution in [0.2, 0.25) is 0 Å². The lowest BCUT2D eigenvalue weighted by atomic mass is 9.84. The Bertz CT molecular complexity index is 617. The fourth-order valence-electron chi connectivity index (χ4n) is 2.52. The first kappa shape index (κ1) is 17.5. The lowest BCUT2D eigenvalue weighted by Gasteiger charge is -2.24. The highest BCUT2D eigenvalue weighted by Crippen LogP contribution is 2.33. The molecular weight excluding hydrogens is 286 g/mol. The van der Waals surface area contributed by atoms with Crippen molar-refractivity contribution in [1.29, 1.82) is 0 Å². The normalized spacial score (nSPS) is 12.9. The molecule has 0 fully saturated rings.